The molecule has 0 bridgehead atoms. The van der Waals surface area contributed by atoms with E-state index < -0.39 is 0 Å². The van der Waals surface area contributed by atoms with Crippen molar-refractivity contribution in [3.63, 3.8) is 0 Å². The Morgan fingerprint density at radius 3 is 2.59 bits per heavy atom. The van der Waals surface area contributed by atoms with Crippen LogP contribution in [-0.2, 0) is 6.54 Å². The SMILES string of the molecule is CCC[n+]1ccn([C@H](C)c2ccccc2)c1C. The Morgan fingerprint density at radius 1 is 1.24 bits per heavy atom. The molecule has 2 heteroatoms. The largest absolute Gasteiger partial charge is 0.253 e. The molecule has 0 fully saturated rings. The van der Waals surface area contributed by atoms with Gasteiger partial charge in [0.1, 0.15) is 18.4 Å². The number of hydrogen-bond donors (Lipinski definition) is 0. The van der Waals surface area contributed by atoms with E-state index >= 15 is 0 Å². The van der Waals surface area contributed by atoms with Gasteiger partial charge in [-0.1, -0.05) is 37.3 Å². The number of imidazole rings is 1. The molecular formula is C15H21N2+. The fraction of sp³-hybridized carbons (Fsp3) is 0.400. The van der Waals surface area contributed by atoms with Crippen molar-refractivity contribution >= 4 is 0 Å². The van der Waals surface area contributed by atoms with Crippen molar-refractivity contribution in [2.24, 2.45) is 0 Å². The average Bonchev–Trinajstić information content (AvgIpc) is 2.72. The molecule has 1 aromatic heterocycles. The Balaban J connectivity index is 2.28. The van der Waals surface area contributed by atoms with Crippen LogP contribution >= 0.6 is 0 Å². The van der Waals surface area contributed by atoms with E-state index in [4.69, 9.17) is 0 Å². The molecule has 0 spiro atoms. The lowest BCUT2D eigenvalue weighted by atomic mass is 10.1. The molecule has 1 heterocycles. The van der Waals surface area contributed by atoms with Crippen molar-refractivity contribution in [1.82, 2.24) is 4.57 Å². The van der Waals surface area contributed by atoms with Crippen LogP contribution in [-0.4, -0.2) is 4.57 Å². The average molecular weight is 229 g/mol. The van der Waals surface area contributed by atoms with Gasteiger partial charge in [-0.3, -0.25) is 0 Å². The van der Waals surface area contributed by atoms with Crippen LogP contribution in [0.5, 0.6) is 0 Å². The molecule has 0 aliphatic rings. The fourth-order valence-electron chi connectivity index (χ4n) is 2.30. The van der Waals surface area contributed by atoms with Gasteiger partial charge in [0, 0.05) is 6.92 Å². The Bertz CT molecular complexity index is 471. The van der Waals surface area contributed by atoms with E-state index in [-0.39, 0.29) is 0 Å². The standard InChI is InChI=1S/C15H21N2/c1-4-10-16-11-12-17(14(16)3)13(2)15-8-6-5-7-9-15/h5-9,11-13H,4,10H2,1-3H3/q+1/t13-/m1/s1. The van der Waals surface area contributed by atoms with Crippen LogP contribution in [0.3, 0.4) is 0 Å². The maximum atomic E-state index is 2.34. The highest BCUT2D eigenvalue weighted by atomic mass is 15.2. The molecule has 90 valence electrons. The van der Waals surface area contributed by atoms with Crippen molar-refractivity contribution in [3.8, 4) is 0 Å². The highest BCUT2D eigenvalue weighted by Gasteiger charge is 2.18. The number of benzene rings is 1. The quantitative estimate of drug-likeness (QED) is 0.712. The molecule has 0 aliphatic carbocycles. The molecule has 0 saturated heterocycles. The number of nitrogens with zero attached hydrogens (tertiary/aromatic N) is 2. The van der Waals surface area contributed by atoms with Gasteiger partial charge in [-0.05, 0) is 18.9 Å². The summed E-state index contributed by atoms with van der Waals surface area (Å²) in [6.45, 7) is 7.75. The Labute approximate surface area is 104 Å². The van der Waals surface area contributed by atoms with Crippen LogP contribution in [0, 0.1) is 6.92 Å². The number of aryl methyl sites for hydroxylation is 1. The van der Waals surface area contributed by atoms with Crippen molar-refractivity contribution in [2.75, 3.05) is 0 Å². The maximum absolute atomic E-state index is 2.34. The van der Waals surface area contributed by atoms with Crippen LogP contribution in [0.15, 0.2) is 42.7 Å². The third kappa shape index (κ3) is 2.41. The first-order chi connectivity index (χ1) is 8.24. The molecule has 1 atom stereocenters. The Morgan fingerprint density at radius 2 is 1.94 bits per heavy atom. The van der Waals surface area contributed by atoms with Gasteiger partial charge in [-0.25, -0.2) is 9.13 Å². The van der Waals surface area contributed by atoms with Gasteiger partial charge in [-0.15, -0.1) is 0 Å². The summed E-state index contributed by atoms with van der Waals surface area (Å²) in [6, 6.07) is 11.0. The highest BCUT2D eigenvalue weighted by molar-refractivity contribution is 5.19. The lowest BCUT2D eigenvalue weighted by molar-refractivity contribution is -0.702. The zero-order valence-electron chi connectivity index (χ0n) is 10.9. The van der Waals surface area contributed by atoms with E-state index in [9.17, 15) is 0 Å². The summed E-state index contributed by atoms with van der Waals surface area (Å²) in [5.41, 5.74) is 1.36. The Hall–Kier alpha value is -1.57. The molecule has 2 aromatic rings. The lowest BCUT2D eigenvalue weighted by Crippen LogP contribution is -2.35. The van der Waals surface area contributed by atoms with Crippen molar-refractivity contribution in [2.45, 2.75) is 39.8 Å². The van der Waals surface area contributed by atoms with Crippen molar-refractivity contribution in [1.29, 1.82) is 0 Å². The molecule has 2 nitrogen and oxygen atoms in total. The highest BCUT2D eigenvalue weighted by Crippen LogP contribution is 2.17. The van der Waals surface area contributed by atoms with E-state index in [0.717, 1.165) is 6.54 Å². The van der Waals surface area contributed by atoms with E-state index in [1.807, 2.05) is 0 Å². The number of aromatic nitrogens is 2. The summed E-state index contributed by atoms with van der Waals surface area (Å²) in [5.74, 6) is 1.32. The number of rotatable bonds is 4. The normalized spacial score (nSPS) is 12.6. The summed E-state index contributed by atoms with van der Waals surface area (Å²) < 4.78 is 4.66. The molecule has 0 radical (unpaired) electrons. The zero-order valence-corrected chi connectivity index (χ0v) is 10.9. The molecule has 1 aromatic carbocycles. The van der Waals surface area contributed by atoms with Gasteiger partial charge in [0.15, 0.2) is 0 Å². The second kappa shape index (κ2) is 5.17. The van der Waals surface area contributed by atoms with Gasteiger partial charge >= 0.3 is 0 Å². The summed E-state index contributed by atoms with van der Waals surface area (Å²) in [6.07, 6.45) is 5.54. The van der Waals surface area contributed by atoms with E-state index in [0.29, 0.717) is 6.04 Å². The lowest BCUT2D eigenvalue weighted by Gasteiger charge is -2.10. The van der Waals surface area contributed by atoms with Crippen LogP contribution in [0.2, 0.25) is 0 Å². The predicted molar refractivity (Wildman–Crippen MR) is 69.9 cm³/mol. The maximum Gasteiger partial charge on any atom is 0.253 e. The van der Waals surface area contributed by atoms with Gasteiger partial charge < -0.3 is 0 Å². The molecule has 0 aliphatic heterocycles. The van der Waals surface area contributed by atoms with Gasteiger partial charge in [0.25, 0.3) is 5.82 Å². The monoisotopic (exact) mass is 229 g/mol. The van der Waals surface area contributed by atoms with E-state index in [1.54, 1.807) is 0 Å². The molecule has 0 saturated carbocycles. The first-order valence-corrected chi connectivity index (χ1v) is 6.36. The topological polar surface area (TPSA) is 8.81 Å². The molecule has 2 rings (SSSR count). The molecule has 17 heavy (non-hydrogen) atoms. The first kappa shape index (κ1) is 11.9. The Kier molecular flexibility index (Phi) is 3.62. The molecule has 0 unspecified atom stereocenters. The third-order valence-corrected chi connectivity index (χ3v) is 3.36. The third-order valence-electron chi connectivity index (χ3n) is 3.36. The minimum atomic E-state index is 0.398. The molecule has 0 amide bonds. The minimum Gasteiger partial charge on any atom is -0.234 e. The van der Waals surface area contributed by atoms with Crippen molar-refractivity contribution < 1.29 is 4.57 Å². The van der Waals surface area contributed by atoms with Crippen LogP contribution < -0.4 is 4.57 Å². The summed E-state index contributed by atoms with van der Waals surface area (Å²) >= 11 is 0. The first-order valence-electron chi connectivity index (χ1n) is 6.36. The van der Waals surface area contributed by atoms with Gasteiger partial charge in [-0.2, -0.15) is 0 Å². The smallest absolute Gasteiger partial charge is 0.234 e. The molecule has 0 N–H and O–H groups in total. The molecular weight excluding hydrogens is 208 g/mol. The number of hydrogen-bond acceptors (Lipinski definition) is 0. The van der Waals surface area contributed by atoms with Crippen LogP contribution in [0.25, 0.3) is 0 Å². The van der Waals surface area contributed by atoms with Crippen LogP contribution in [0.1, 0.15) is 37.7 Å². The second-order valence-corrected chi connectivity index (χ2v) is 4.53. The second-order valence-electron chi connectivity index (χ2n) is 4.53. The van der Waals surface area contributed by atoms with E-state index in [1.165, 1.54) is 17.8 Å². The van der Waals surface area contributed by atoms with Gasteiger partial charge in [0.2, 0.25) is 0 Å². The summed E-state index contributed by atoms with van der Waals surface area (Å²) in [7, 11) is 0. The van der Waals surface area contributed by atoms with Crippen LogP contribution in [0.4, 0.5) is 0 Å². The van der Waals surface area contributed by atoms with E-state index in [2.05, 4.69) is 72.6 Å². The van der Waals surface area contributed by atoms with Gasteiger partial charge in [0.05, 0.1) is 6.54 Å². The fourth-order valence-corrected chi connectivity index (χ4v) is 2.30. The zero-order chi connectivity index (χ0) is 12.3. The summed E-state index contributed by atoms with van der Waals surface area (Å²) in [4.78, 5) is 0. The van der Waals surface area contributed by atoms with Crippen molar-refractivity contribution in [3.05, 3.63) is 54.1 Å². The minimum absolute atomic E-state index is 0.398. The predicted octanol–water partition coefficient (Wildman–Crippen LogP) is 3.10. The summed E-state index contributed by atoms with van der Waals surface area (Å²) in [5, 5.41) is 0.